The largest absolute Gasteiger partial charge is 0.489 e. The fourth-order valence-corrected chi connectivity index (χ4v) is 5.37. The van der Waals surface area contributed by atoms with Gasteiger partial charge in [-0.2, -0.15) is 0 Å². The number of imidazole rings is 1. The first-order valence-corrected chi connectivity index (χ1v) is 13.5. The zero-order valence-electron chi connectivity index (χ0n) is 21.8. The molecule has 0 unspecified atom stereocenters. The second-order valence-corrected chi connectivity index (χ2v) is 10.6. The van der Waals surface area contributed by atoms with E-state index in [0.717, 1.165) is 17.5 Å². The van der Waals surface area contributed by atoms with Crippen LogP contribution in [-0.4, -0.2) is 50.7 Å². The molecule has 1 aromatic heterocycles. The van der Waals surface area contributed by atoms with E-state index in [2.05, 4.69) is 0 Å². The molecular weight excluding hydrogens is 537 g/mol. The van der Waals surface area contributed by atoms with Crippen LogP contribution >= 0.6 is 11.6 Å². The van der Waals surface area contributed by atoms with Gasteiger partial charge in [0.1, 0.15) is 24.0 Å². The number of hydrogen-bond acceptors (Lipinski definition) is 5. The van der Waals surface area contributed by atoms with Crippen molar-refractivity contribution in [2.45, 2.75) is 45.6 Å². The van der Waals surface area contributed by atoms with Gasteiger partial charge in [0.2, 0.25) is 0 Å². The van der Waals surface area contributed by atoms with Gasteiger partial charge in [-0.05, 0) is 67.3 Å². The summed E-state index contributed by atoms with van der Waals surface area (Å²) < 4.78 is 27.8. The summed E-state index contributed by atoms with van der Waals surface area (Å²) in [5.41, 5.74) is 4.27. The Bertz CT molecular complexity index is 1650. The fourth-order valence-electron chi connectivity index (χ4n) is 5.21. The van der Waals surface area contributed by atoms with Crippen LogP contribution in [0.25, 0.3) is 11.0 Å². The van der Waals surface area contributed by atoms with Gasteiger partial charge in [0.25, 0.3) is 5.91 Å². The Morgan fingerprint density at radius 2 is 2.05 bits per heavy atom. The van der Waals surface area contributed by atoms with E-state index in [1.165, 1.54) is 12.1 Å². The fraction of sp³-hybridized carbons (Fsp3) is 0.300. The van der Waals surface area contributed by atoms with Crippen LogP contribution in [0.4, 0.5) is 4.39 Å². The maximum Gasteiger partial charge on any atom is 0.335 e. The number of benzene rings is 3. The third-order valence-electron chi connectivity index (χ3n) is 7.55. The summed E-state index contributed by atoms with van der Waals surface area (Å²) >= 11 is 5.85. The van der Waals surface area contributed by atoms with E-state index in [9.17, 15) is 19.1 Å². The van der Waals surface area contributed by atoms with E-state index in [-0.39, 0.29) is 30.7 Å². The second-order valence-electron chi connectivity index (χ2n) is 10.2. The lowest BCUT2D eigenvalue weighted by Gasteiger charge is -2.31. The van der Waals surface area contributed by atoms with Gasteiger partial charge in [-0.15, -0.1) is 0 Å². The molecule has 3 heterocycles. The average Bonchev–Trinajstić information content (AvgIpc) is 3.23. The highest BCUT2D eigenvalue weighted by molar-refractivity contribution is 6.30. The van der Waals surface area contributed by atoms with Gasteiger partial charge in [0, 0.05) is 29.3 Å². The van der Waals surface area contributed by atoms with Crippen molar-refractivity contribution >= 4 is 34.5 Å². The van der Waals surface area contributed by atoms with Crippen molar-refractivity contribution in [3.63, 3.8) is 0 Å². The van der Waals surface area contributed by atoms with Crippen LogP contribution in [0.2, 0.25) is 5.02 Å². The van der Waals surface area contributed by atoms with Gasteiger partial charge >= 0.3 is 5.97 Å². The molecule has 6 rings (SSSR count). The van der Waals surface area contributed by atoms with Gasteiger partial charge in [0.15, 0.2) is 0 Å². The topological polar surface area (TPSA) is 93.9 Å². The molecule has 2 aliphatic rings. The standard InChI is InChI=1S/C30H27ClFN3O5/c1-17-10-18-6-8-34(29(36)23(18)13-27(17)40-16-20-2-4-21(31)12-24(20)32)15-28-33-25-5-3-19(30(37)38)11-26(25)35(28)14-22-7-9-39-22/h2-5,10-13,22H,6-9,14-16H2,1H3,(H,37,38)/t22-/m0/s1. The number of carbonyl (C=O) groups is 2. The first-order valence-electron chi connectivity index (χ1n) is 13.1. The predicted octanol–water partition coefficient (Wildman–Crippen LogP) is 5.40. The molecule has 0 spiro atoms. The molecule has 40 heavy (non-hydrogen) atoms. The van der Waals surface area contributed by atoms with Crippen LogP contribution in [0.15, 0.2) is 48.5 Å². The maximum absolute atomic E-state index is 14.3. The summed E-state index contributed by atoms with van der Waals surface area (Å²) in [5, 5.41) is 9.81. The lowest BCUT2D eigenvalue weighted by Crippen LogP contribution is -2.38. The zero-order chi connectivity index (χ0) is 28.0. The van der Waals surface area contributed by atoms with E-state index in [0.29, 0.717) is 64.9 Å². The lowest BCUT2D eigenvalue weighted by molar-refractivity contribution is -0.0591. The number of aryl methyl sites for hydroxylation is 1. The molecule has 0 radical (unpaired) electrons. The van der Waals surface area contributed by atoms with E-state index < -0.39 is 11.8 Å². The molecule has 206 valence electrons. The van der Waals surface area contributed by atoms with Crippen molar-refractivity contribution in [1.29, 1.82) is 0 Å². The van der Waals surface area contributed by atoms with Crippen molar-refractivity contribution in [2.75, 3.05) is 13.2 Å². The van der Waals surface area contributed by atoms with Crippen molar-refractivity contribution in [3.05, 3.63) is 93.0 Å². The van der Waals surface area contributed by atoms with Gasteiger partial charge < -0.3 is 24.0 Å². The van der Waals surface area contributed by atoms with E-state index in [1.54, 1.807) is 35.2 Å². The average molecular weight is 564 g/mol. The summed E-state index contributed by atoms with van der Waals surface area (Å²) in [5.74, 6) is -0.416. The Kier molecular flexibility index (Phi) is 6.93. The summed E-state index contributed by atoms with van der Waals surface area (Å²) in [6, 6.07) is 13.0. The molecule has 3 aromatic carbocycles. The van der Waals surface area contributed by atoms with Crippen LogP contribution in [-0.2, 0) is 30.9 Å². The molecule has 0 saturated carbocycles. The quantitative estimate of drug-likeness (QED) is 0.308. The first-order chi connectivity index (χ1) is 19.3. The second kappa shape index (κ2) is 10.6. The number of fused-ring (bicyclic) bond motifs is 2. The molecule has 0 aliphatic carbocycles. The third-order valence-corrected chi connectivity index (χ3v) is 7.79. The minimum absolute atomic E-state index is 0.00608. The van der Waals surface area contributed by atoms with Crippen molar-refractivity contribution < 1.29 is 28.6 Å². The van der Waals surface area contributed by atoms with Crippen LogP contribution in [0.1, 0.15) is 49.7 Å². The van der Waals surface area contributed by atoms with Crippen molar-refractivity contribution in [2.24, 2.45) is 0 Å². The number of aromatic nitrogens is 2. The Morgan fingerprint density at radius 1 is 1.23 bits per heavy atom. The number of ether oxygens (including phenoxy) is 2. The highest BCUT2D eigenvalue weighted by Crippen LogP contribution is 2.30. The van der Waals surface area contributed by atoms with Gasteiger partial charge in [-0.25, -0.2) is 14.2 Å². The highest BCUT2D eigenvalue weighted by atomic mass is 35.5. The predicted molar refractivity (Wildman–Crippen MR) is 146 cm³/mol. The van der Waals surface area contributed by atoms with E-state index in [4.69, 9.17) is 26.1 Å². The number of carboxylic acid groups (broad SMARTS) is 1. The van der Waals surface area contributed by atoms with Crippen molar-refractivity contribution in [3.8, 4) is 5.75 Å². The Balaban J connectivity index is 1.26. The molecular formula is C30H27ClFN3O5. The van der Waals surface area contributed by atoms with Gasteiger partial charge in [0.05, 0.1) is 35.8 Å². The number of rotatable bonds is 8. The number of halogens is 2. The van der Waals surface area contributed by atoms with Crippen LogP contribution in [0.3, 0.4) is 0 Å². The van der Waals surface area contributed by atoms with Crippen LogP contribution in [0, 0.1) is 12.7 Å². The smallest absolute Gasteiger partial charge is 0.335 e. The Labute approximate surface area is 234 Å². The normalized spacial score (nSPS) is 16.6. The van der Waals surface area contributed by atoms with E-state index >= 15 is 0 Å². The minimum Gasteiger partial charge on any atom is -0.489 e. The number of carboxylic acids is 1. The molecule has 1 saturated heterocycles. The minimum atomic E-state index is -1.01. The maximum atomic E-state index is 14.3. The zero-order valence-corrected chi connectivity index (χ0v) is 22.6. The van der Waals surface area contributed by atoms with Gasteiger partial charge in [-0.3, -0.25) is 4.79 Å². The number of nitrogens with zero attached hydrogens (tertiary/aromatic N) is 3. The number of aromatic carboxylic acids is 1. The highest BCUT2D eigenvalue weighted by Gasteiger charge is 2.29. The third kappa shape index (κ3) is 5.02. The molecule has 2 aliphatic heterocycles. The molecule has 1 atom stereocenters. The number of amides is 1. The summed E-state index contributed by atoms with van der Waals surface area (Å²) in [7, 11) is 0. The molecule has 10 heteroatoms. The molecule has 8 nitrogen and oxygen atoms in total. The van der Waals surface area contributed by atoms with E-state index in [1.807, 2.05) is 17.6 Å². The number of carbonyl (C=O) groups excluding carboxylic acids is 1. The summed E-state index contributed by atoms with van der Waals surface area (Å²) in [6.07, 6.45) is 1.61. The monoisotopic (exact) mass is 563 g/mol. The number of hydrogen-bond donors (Lipinski definition) is 1. The van der Waals surface area contributed by atoms with Crippen LogP contribution in [0.5, 0.6) is 5.75 Å². The SMILES string of the molecule is Cc1cc2c(cc1OCc1ccc(Cl)cc1F)C(=O)N(Cc1nc3ccc(C(=O)O)cc3n1C[C@@H]1CCO1)CC2. The molecule has 4 aromatic rings. The molecule has 1 fully saturated rings. The Morgan fingerprint density at radius 3 is 2.77 bits per heavy atom. The van der Waals surface area contributed by atoms with Crippen molar-refractivity contribution in [1.82, 2.24) is 14.5 Å². The lowest BCUT2D eigenvalue weighted by atomic mass is 9.96. The van der Waals surface area contributed by atoms with Gasteiger partial charge in [-0.1, -0.05) is 23.7 Å². The summed E-state index contributed by atoms with van der Waals surface area (Å²) in [4.78, 5) is 31.8. The summed E-state index contributed by atoms with van der Waals surface area (Å²) in [6.45, 7) is 3.93. The molecule has 1 amide bonds. The molecule has 0 bridgehead atoms. The molecule has 1 N–H and O–H groups in total. The van der Waals surface area contributed by atoms with Crippen LogP contribution < -0.4 is 4.74 Å². The first kappa shape index (κ1) is 26.3. The Hall–Kier alpha value is -3.95.